The molecule has 1 saturated carbocycles. The van der Waals surface area contributed by atoms with Gasteiger partial charge < -0.3 is 4.90 Å². The minimum atomic E-state index is -3.67. The zero-order valence-electron chi connectivity index (χ0n) is 14.1. The second-order valence-electron chi connectivity index (χ2n) is 6.32. The van der Waals surface area contributed by atoms with E-state index in [1.807, 2.05) is 0 Å². The van der Waals surface area contributed by atoms with Gasteiger partial charge in [-0.25, -0.2) is 21.9 Å². The zero-order chi connectivity index (χ0) is 18.9. The lowest BCUT2D eigenvalue weighted by Crippen LogP contribution is -2.28. The van der Waals surface area contributed by atoms with Crippen molar-refractivity contribution in [2.24, 2.45) is 0 Å². The second kappa shape index (κ2) is 7.13. The Labute approximate surface area is 150 Å². The van der Waals surface area contributed by atoms with Crippen LogP contribution in [0.2, 0.25) is 0 Å². The highest BCUT2D eigenvalue weighted by atomic mass is 32.2. The Bertz CT molecular complexity index is 943. The normalized spacial score (nSPS) is 14.3. The van der Waals surface area contributed by atoms with Gasteiger partial charge in [-0.1, -0.05) is 12.1 Å². The number of sulfonamides is 1. The Morgan fingerprint density at radius 2 is 1.92 bits per heavy atom. The van der Waals surface area contributed by atoms with E-state index in [2.05, 4.69) is 4.72 Å². The number of hydrogen-bond donors (Lipinski definition) is 1. The largest absolute Gasteiger partial charge is 0.337 e. The van der Waals surface area contributed by atoms with Crippen molar-refractivity contribution in [3.05, 3.63) is 65.2 Å². The Kier molecular flexibility index (Phi) is 5.06. The van der Waals surface area contributed by atoms with E-state index in [-0.39, 0.29) is 28.6 Å². The molecule has 2 aromatic rings. The number of carbonyl (C=O) groups is 1. The van der Waals surface area contributed by atoms with Crippen molar-refractivity contribution in [1.29, 1.82) is 0 Å². The predicted octanol–water partition coefficient (Wildman–Crippen LogP) is 2.68. The van der Waals surface area contributed by atoms with Crippen molar-refractivity contribution >= 4 is 15.9 Å². The van der Waals surface area contributed by atoms with E-state index in [1.165, 1.54) is 42.3 Å². The number of rotatable bonds is 6. The SMILES string of the molecule is CN(Cc1ccc(F)cc1F)C(=O)c1cccc(S(=O)(=O)NC2CC2)c1. The summed E-state index contributed by atoms with van der Waals surface area (Å²) in [5.41, 5.74) is 0.343. The molecule has 1 fully saturated rings. The fraction of sp³-hybridized carbons (Fsp3) is 0.278. The smallest absolute Gasteiger partial charge is 0.253 e. The van der Waals surface area contributed by atoms with Crippen LogP contribution in [0.1, 0.15) is 28.8 Å². The van der Waals surface area contributed by atoms with Crippen LogP contribution in [0.3, 0.4) is 0 Å². The van der Waals surface area contributed by atoms with Gasteiger partial charge in [0.2, 0.25) is 10.0 Å². The fourth-order valence-electron chi connectivity index (χ4n) is 2.48. The molecule has 0 atom stereocenters. The molecule has 1 aliphatic carbocycles. The lowest BCUT2D eigenvalue weighted by Gasteiger charge is -2.18. The highest BCUT2D eigenvalue weighted by Gasteiger charge is 2.28. The van der Waals surface area contributed by atoms with E-state index in [1.54, 1.807) is 0 Å². The second-order valence-corrected chi connectivity index (χ2v) is 8.03. The third-order valence-corrected chi connectivity index (χ3v) is 5.58. The van der Waals surface area contributed by atoms with Gasteiger partial charge in [-0.2, -0.15) is 0 Å². The number of carbonyl (C=O) groups excluding carboxylic acids is 1. The van der Waals surface area contributed by atoms with Gasteiger partial charge in [0, 0.05) is 36.8 Å². The number of benzene rings is 2. The lowest BCUT2D eigenvalue weighted by atomic mass is 10.1. The van der Waals surface area contributed by atoms with E-state index in [4.69, 9.17) is 0 Å². The molecule has 8 heteroatoms. The van der Waals surface area contributed by atoms with E-state index in [0.29, 0.717) is 0 Å². The van der Waals surface area contributed by atoms with Gasteiger partial charge in [-0.15, -0.1) is 0 Å². The van der Waals surface area contributed by atoms with Crippen LogP contribution in [0, 0.1) is 11.6 Å². The van der Waals surface area contributed by atoms with E-state index in [9.17, 15) is 22.0 Å². The average molecular weight is 380 g/mol. The minimum Gasteiger partial charge on any atom is -0.337 e. The quantitative estimate of drug-likeness (QED) is 0.838. The molecule has 3 rings (SSSR count). The van der Waals surface area contributed by atoms with Crippen LogP contribution >= 0.6 is 0 Å². The van der Waals surface area contributed by atoms with Crippen LogP contribution in [0.15, 0.2) is 47.4 Å². The summed E-state index contributed by atoms with van der Waals surface area (Å²) in [4.78, 5) is 13.8. The number of hydrogen-bond acceptors (Lipinski definition) is 3. The van der Waals surface area contributed by atoms with Crippen molar-refractivity contribution in [2.45, 2.75) is 30.3 Å². The molecule has 1 amide bonds. The molecule has 0 radical (unpaired) electrons. The maximum atomic E-state index is 13.8. The topological polar surface area (TPSA) is 66.5 Å². The third kappa shape index (κ3) is 4.25. The first kappa shape index (κ1) is 18.5. The summed E-state index contributed by atoms with van der Waals surface area (Å²) < 4.78 is 53.8. The van der Waals surface area contributed by atoms with Crippen molar-refractivity contribution in [1.82, 2.24) is 9.62 Å². The van der Waals surface area contributed by atoms with Gasteiger partial charge >= 0.3 is 0 Å². The fourth-order valence-corrected chi connectivity index (χ4v) is 3.83. The Morgan fingerprint density at radius 3 is 2.58 bits per heavy atom. The minimum absolute atomic E-state index is 0.0108. The predicted molar refractivity (Wildman–Crippen MR) is 91.9 cm³/mol. The third-order valence-electron chi connectivity index (χ3n) is 4.06. The summed E-state index contributed by atoms with van der Waals surface area (Å²) in [6, 6.07) is 8.80. The Morgan fingerprint density at radius 1 is 1.19 bits per heavy atom. The van der Waals surface area contributed by atoms with Crippen LogP contribution in [-0.4, -0.2) is 32.3 Å². The van der Waals surface area contributed by atoms with Gasteiger partial charge in [0.25, 0.3) is 5.91 Å². The molecule has 0 aliphatic heterocycles. The molecule has 138 valence electrons. The summed E-state index contributed by atoms with van der Waals surface area (Å²) >= 11 is 0. The molecular weight excluding hydrogens is 362 g/mol. The molecule has 0 bridgehead atoms. The molecule has 5 nitrogen and oxygen atoms in total. The molecule has 1 N–H and O–H groups in total. The van der Waals surface area contributed by atoms with Gasteiger partial charge in [0.1, 0.15) is 11.6 Å². The van der Waals surface area contributed by atoms with Gasteiger partial charge in [-0.05, 0) is 37.1 Å². The van der Waals surface area contributed by atoms with E-state index in [0.717, 1.165) is 25.0 Å². The molecular formula is C18H18F2N2O3S. The summed E-state index contributed by atoms with van der Waals surface area (Å²) in [6.45, 7) is -0.0672. The first-order valence-electron chi connectivity index (χ1n) is 8.08. The summed E-state index contributed by atoms with van der Waals surface area (Å²) in [7, 11) is -2.20. The first-order chi connectivity index (χ1) is 12.3. The molecule has 0 heterocycles. The number of halogens is 2. The van der Waals surface area contributed by atoms with Crippen LogP contribution in [0.4, 0.5) is 8.78 Å². The van der Waals surface area contributed by atoms with Crippen molar-refractivity contribution in [3.8, 4) is 0 Å². The van der Waals surface area contributed by atoms with Gasteiger partial charge in [-0.3, -0.25) is 4.79 Å². The molecule has 0 aromatic heterocycles. The standard InChI is InChI=1S/C18H18F2N2O3S/c1-22(11-13-5-6-14(19)10-17(13)20)18(23)12-3-2-4-16(9-12)26(24,25)21-15-7-8-15/h2-6,9-10,15,21H,7-8,11H2,1H3. The van der Waals surface area contributed by atoms with Crippen LogP contribution in [-0.2, 0) is 16.6 Å². The Balaban J connectivity index is 1.77. The highest BCUT2D eigenvalue weighted by molar-refractivity contribution is 7.89. The number of amides is 1. The lowest BCUT2D eigenvalue weighted by molar-refractivity contribution is 0.0783. The molecule has 2 aromatic carbocycles. The monoisotopic (exact) mass is 380 g/mol. The first-order valence-corrected chi connectivity index (χ1v) is 9.56. The maximum Gasteiger partial charge on any atom is 0.253 e. The summed E-state index contributed by atoms with van der Waals surface area (Å²) in [5.74, 6) is -1.90. The van der Waals surface area contributed by atoms with E-state index < -0.39 is 27.6 Å². The Hall–Kier alpha value is -2.32. The van der Waals surface area contributed by atoms with Crippen molar-refractivity contribution in [3.63, 3.8) is 0 Å². The van der Waals surface area contributed by atoms with Crippen LogP contribution in [0.25, 0.3) is 0 Å². The van der Waals surface area contributed by atoms with E-state index >= 15 is 0 Å². The van der Waals surface area contributed by atoms with Crippen molar-refractivity contribution < 1.29 is 22.0 Å². The van der Waals surface area contributed by atoms with Crippen molar-refractivity contribution in [2.75, 3.05) is 7.05 Å². The number of nitrogens with zero attached hydrogens (tertiary/aromatic N) is 1. The molecule has 26 heavy (non-hydrogen) atoms. The number of nitrogens with one attached hydrogen (secondary N) is 1. The zero-order valence-corrected chi connectivity index (χ0v) is 14.9. The van der Waals surface area contributed by atoms with Crippen LogP contribution in [0.5, 0.6) is 0 Å². The van der Waals surface area contributed by atoms with Gasteiger partial charge in [0.05, 0.1) is 4.90 Å². The summed E-state index contributed by atoms with van der Waals surface area (Å²) in [5, 5.41) is 0. The molecule has 0 saturated heterocycles. The molecule has 0 spiro atoms. The highest BCUT2D eigenvalue weighted by Crippen LogP contribution is 2.23. The average Bonchev–Trinajstić information content (AvgIpc) is 3.40. The molecule has 0 unspecified atom stereocenters. The summed E-state index contributed by atoms with van der Waals surface area (Å²) in [6.07, 6.45) is 1.62. The maximum absolute atomic E-state index is 13.8. The van der Waals surface area contributed by atoms with Crippen LogP contribution < -0.4 is 4.72 Å². The molecule has 1 aliphatic rings. The van der Waals surface area contributed by atoms with Gasteiger partial charge in [0.15, 0.2) is 0 Å².